The molecule has 146 valence electrons. The van der Waals surface area contributed by atoms with E-state index in [0.717, 1.165) is 12.5 Å². The molecular weight excluding hydrogens is 356 g/mol. The number of hydrogen-bond donors (Lipinski definition) is 1. The maximum atomic E-state index is 12.9. The molecular formula is C17H28N4O4S. The molecule has 1 aliphatic rings. The van der Waals surface area contributed by atoms with E-state index >= 15 is 0 Å². The first kappa shape index (κ1) is 20.6. The average molecular weight is 385 g/mol. The third kappa shape index (κ3) is 4.93. The van der Waals surface area contributed by atoms with Crippen molar-refractivity contribution < 1.29 is 13.3 Å². The average Bonchev–Trinajstić information content (AvgIpc) is 2.53. The Morgan fingerprint density at radius 2 is 1.88 bits per heavy atom. The van der Waals surface area contributed by atoms with Crippen molar-refractivity contribution in [3.05, 3.63) is 28.3 Å². The minimum Gasteiger partial charge on any atom is -0.378 e. The molecule has 1 aliphatic heterocycles. The van der Waals surface area contributed by atoms with Crippen LogP contribution in [0.3, 0.4) is 0 Å². The molecule has 2 rings (SSSR count). The van der Waals surface area contributed by atoms with Gasteiger partial charge in [0.2, 0.25) is 10.0 Å². The fourth-order valence-corrected chi connectivity index (χ4v) is 5.04. The first-order valence-electron chi connectivity index (χ1n) is 8.78. The van der Waals surface area contributed by atoms with Gasteiger partial charge in [-0.25, -0.2) is 8.42 Å². The van der Waals surface area contributed by atoms with Crippen LogP contribution in [-0.2, 0) is 10.0 Å². The zero-order valence-corrected chi connectivity index (χ0v) is 16.6. The molecule has 1 saturated heterocycles. The molecule has 26 heavy (non-hydrogen) atoms. The summed E-state index contributed by atoms with van der Waals surface area (Å²) in [6.07, 6.45) is 0.987. The summed E-state index contributed by atoms with van der Waals surface area (Å²) < 4.78 is 27.3. The summed E-state index contributed by atoms with van der Waals surface area (Å²) in [5, 5.41) is 14.4. The molecule has 1 aromatic carbocycles. The number of nitrogens with zero attached hydrogens (tertiary/aromatic N) is 3. The van der Waals surface area contributed by atoms with Gasteiger partial charge in [0.05, 0.1) is 9.82 Å². The lowest BCUT2D eigenvalue weighted by molar-refractivity contribution is -0.384. The number of piperidine rings is 1. The Hall–Kier alpha value is -1.71. The van der Waals surface area contributed by atoms with Crippen molar-refractivity contribution in [3.8, 4) is 0 Å². The van der Waals surface area contributed by atoms with Crippen molar-refractivity contribution in [1.29, 1.82) is 0 Å². The Labute approximate surface area is 155 Å². The van der Waals surface area contributed by atoms with E-state index in [2.05, 4.69) is 5.32 Å². The number of hydrogen-bond acceptors (Lipinski definition) is 6. The summed E-state index contributed by atoms with van der Waals surface area (Å²) in [4.78, 5) is 12.8. The maximum absolute atomic E-state index is 12.9. The summed E-state index contributed by atoms with van der Waals surface area (Å²) in [5.74, 6) is 0.547. The van der Waals surface area contributed by atoms with Crippen LogP contribution < -0.4 is 5.32 Å². The summed E-state index contributed by atoms with van der Waals surface area (Å²) in [6.45, 7) is 6.19. The summed E-state index contributed by atoms with van der Waals surface area (Å²) in [5.41, 5.74) is 0.110. The minimum absolute atomic E-state index is 0.0244. The molecule has 0 unspecified atom stereocenters. The molecule has 0 saturated carbocycles. The lowest BCUT2D eigenvalue weighted by Crippen LogP contribution is -2.42. The van der Waals surface area contributed by atoms with Crippen LogP contribution in [-0.4, -0.2) is 62.8 Å². The van der Waals surface area contributed by atoms with Crippen LogP contribution in [0.5, 0.6) is 0 Å². The van der Waals surface area contributed by atoms with Gasteiger partial charge in [0.15, 0.2) is 0 Å². The molecule has 0 radical (unpaired) electrons. The lowest BCUT2D eigenvalue weighted by atomic mass is 9.94. The molecule has 9 heteroatoms. The van der Waals surface area contributed by atoms with Crippen molar-refractivity contribution in [2.24, 2.45) is 11.8 Å². The van der Waals surface area contributed by atoms with E-state index in [0.29, 0.717) is 31.9 Å². The lowest BCUT2D eigenvalue weighted by Gasteiger charge is -2.34. The smallest absolute Gasteiger partial charge is 0.293 e. The molecule has 2 atom stereocenters. The summed E-state index contributed by atoms with van der Waals surface area (Å²) in [7, 11) is 0.0765. The maximum Gasteiger partial charge on any atom is 0.293 e. The van der Waals surface area contributed by atoms with E-state index in [4.69, 9.17) is 0 Å². The van der Waals surface area contributed by atoms with Crippen LogP contribution in [0.1, 0.15) is 20.3 Å². The largest absolute Gasteiger partial charge is 0.378 e. The first-order valence-corrected chi connectivity index (χ1v) is 10.2. The van der Waals surface area contributed by atoms with Crippen LogP contribution in [0.2, 0.25) is 0 Å². The van der Waals surface area contributed by atoms with Gasteiger partial charge in [-0.2, -0.15) is 4.31 Å². The third-order valence-corrected chi connectivity index (χ3v) is 6.34. The number of nitro groups is 1. The predicted molar refractivity (Wildman–Crippen MR) is 102 cm³/mol. The van der Waals surface area contributed by atoms with Crippen molar-refractivity contribution >= 4 is 21.4 Å². The highest BCUT2D eigenvalue weighted by Crippen LogP contribution is 2.31. The van der Waals surface area contributed by atoms with E-state index < -0.39 is 14.9 Å². The summed E-state index contributed by atoms with van der Waals surface area (Å²) in [6, 6.07) is 4.10. The molecule has 0 spiro atoms. The van der Waals surface area contributed by atoms with Crippen LogP contribution in [0.15, 0.2) is 23.1 Å². The van der Waals surface area contributed by atoms with Gasteiger partial charge >= 0.3 is 0 Å². The number of nitrogens with one attached hydrogen (secondary N) is 1. The zero-order chi connectivity index (χ0) is 19.5. The van der Waals surface area contributed by atoms with Gasteiger partial charge in [0.25, 0.3) is 5.69 Å². The van der Waals surface area contributed by atoms with Gasteiger partial charge in [-0.3, -0.25) is 10.1 Å². The van der Waals surface area contributed by atoms with Crippen molar-refractivity contribution in [3.63, 3.8) is 0 Å². The van der Waals surface area contributed by atoms with E-state index in [1.54, 1.807) is 0 Å². The van der Waals surface area contributed by atoms with Crippen molar-refractivity contribution in [2.45, 2.75) is 25.2 Å². The van der Waals surface area contributed by atoms with Gasteiger partial charge in [0, 0.05) is 32.2 Å². The monoisotopic (exact) mass is 384 g/mol. The second-order valence-corrected chi connectivity index (χ2v) is 9.37. The highest BCUT2D eigenvalue weighted by atomic mass is 32.2. The van der Waals surface area contributed by atoms with Gasteiger partial charge in [0.1, 0.15) is 5.69 Å². The van der Waals surface area contributed by atoms with Gasteiger partial charge in [-0.05, 0) is 44.5 Å². The highest BCUT2D eigenvalue weighted by Gasteiger charge is 2.33. The fourth-order valence-electron chi connectivity index (χ4n) is 3.34. The third-order valence-electron chi connectivity index (χ3n) is 4.51. The molecule has 1 fully saturated rings. The number of nitro benzene ring substituents is 1. The Morgan fingerprint density at radius 1 is 1.27 bits per heavy atom. The van der Waals surface area contributed by atoms with E-state index in [9.17, 15) is 18.5 Å². The number of benzene rings is 1. The SMILES string of the molecule is C[C@@H]1C[C@H](C)CN(S(=O)(=O)c2ccc(NCCN(C)C)c([N+](=O)[O-])c2)C1. The van der Waals surface area contributed by atoms with Crippen LogP contribution in [0.4, 0.5) is 11.4 Å². The van der Waals surface area contributed by atoms with Crippen molar-refractivity contribution in [1.82, 2.24) is 9.21 Å². The van der Waals surface area contributed by atoms with Crippen molar-refractivity contribution in [2.75, 3.05) is 45.6 Å². The van der Waals surface area contributed by atoms with E-state index in [-0.39, 0.29) is 22.4 Å². The number of rotatable bonds is 7. The second-order valence-electron chi connectivity index (χ2n) is 7.43. The predicted octanol–water partition coefficient (Wildman–Crippen LogP) is 2.23. The Kier molecular flexibility index (Phi) is 6.59. The molecule has 1 N–H and O–H groups in total. The first-order chi connectivity index (χ1) is 12.1. The molecule has 0 bridgehead atoms. The van der Waals surface area contributed by atoms with Gasteiger partial charge < -0.3 is 10.2 Å². The fraction of sp³-hybridized carbons (Fsp3) is 0.647. The van der Waals surface area contributed by atoms with Crippen LogP contribution >= 0.6 is 0 Å². The normalized spacial score (nSPS) is 21.7. The quantitative estimate of drug-likeness (QED) is 0.572. The number of sulfonamides is 1. The minimum atomic E-state index is -3.74. The zero-order valence-electron chi connectivity index (χ0n) is 15.8. The van der Waals surface area contributed by atoms with E-state index in [1.165, 1.54) is 16.4 Å². The topological polar surface area (TPSA) is 95.8 Å². The molecule has 0 aromatic heterocycles. The second kappa shape index (κ2) is 8.32. The molecule has 0 aliphatic carbocycles. The van der Waals surface area contributed by atoms with Crippen LogP contribution in [0.25, 0.3) is 0 Å². The molecule has 1 heterocycles. The Morgan fingerprint density at radius 3 is 2.42 bits per heavy atom. The van der Waals surface area contributed by atoms with E-state index in [1.807, 2.05) is 32.8 Å². The summed E-state index contributed by atoms with van der Waals surface area (Å²) >= 11 is 0. The highest BCUT2D eigenvalue weighted by molar-refractivity contribution is 7.89. The number of anilines is 1. The standard InChI is InChI=1S/C17H28N4O4S/c1-13-9-14(2)12-20(11-13)26(24,25)15-5-6-16(17(10-15)21(22)23)18-7-8-19(3)4/h5-6,10,13-14,18H,7-9,11-12H2,1-4H3/t13-,14+. The number of likely N-dealkylation sites (N-methyl/N-ethyl adjacent to an activating group) is 1. The Balaban J connectivity index is 2.28. The van der Waals surface area contributed by atoms with Gasteiger partial charge in [-0.15, -0.1) is 0 Å². The molecule has 0 amide bonds. The van der Waals surface area contributed by atoms with Gasteiger partial charge in [-0.1, -0.05) is 13.8 Å². The Bertz CT molecular complexity index is 741. The van der Waals surface area contributed by atoms with Crippen LogP contribution in [0, 0.1) is 22.0 Å². The molecule has 1 aromatic rings. The molecule has 8 nitrogen and oxygen atoms in total.